The average Bonchev–Trinajstić information content (AvgIpc) is 1.00. The summed E-state index contributed by atoms with van der Waals surface area (Å²) < 4.78 is 8.06. The molecule has 0 unspecified atom stereocenters. The van der Waals surface area contributed by atoms with Crippen LogP contribution in [0.1, 0.15) is 0 Å². The van der Waals surface area contributed by atoms with Crippen LogP contribution in [-0.2, 0) is 53.6 Å². The van der Waals surface area contributed by atoms with Crippen molar-refractivity contribution in [3.8, 4) is 0 Å². The zero-order valence-electron chi connectivity index (χ0n) is 1.47. The van der Waals surface area contributed by atoms with Crippen LogP contribution in [0.15, 0.2) is 0 Å². The minimum atomic E-state index is 0. The van der Waals surface area contributed by atoms with Gasteiger partial charge in [0.05, 0.1) is 0 Å². The van der Waals surface area contributed by atoms with E-state index >= 15 is 0 Å². The third kappa shape index (κ3) is 10.2. The predicted octanol–water partition coefficient (Wildman–Crippen LogP) is -0.126. The van der Waals surface area contributed by atoms with Crippen molar-refractivity contribution in [1.29, 1.82) is 0 Å². The quantitative estimate of drug-likeness (QED) is 0.481. The zero-order chi connectivity index (χ0) is 2.00. The molecule has 0 saturated carbocycles. The number of hydrogen-bond acceptors (Lipinski definition) is 1. The fourth-order valence-electron chi connectivity index (χ4n) is 0. The average molecular weight is 186 g/mol. The van der Waals surface area contributed by atoms with Crippen molar-refractivity contribution in [2.75, 3.05) is 0 Å². The summed E-state index contributed by atoms with van der Waals surface area (Å²) in [5.74, 6) is 0. The first-order valence-electron chi connectivity index (χ1n) is 0.154. The van der Waals surface area contributed by atoms with E-state index in [2.05, 4.69) is 0 Å². The second-order valence-electron chi connectivity index (χ2n) is 0. The molecular formula is CoFeMnO. The molecule has 0 aliphatic carbocycles. The third-order valence-electron chi connectivity index (χ3n) is 0. The maximum absolute atomic E-state index is 8.06. The first kappa shape index (κ1) is 18.3. The van der Waals surface area contributed by atoms with E-state index < -0.39 is 0 Å². The molecule has 0 fully saturated rings. The molecule has 0 heterocycles. The SMILES string of the molecule is [Co].[Fe].[O]=[Mn]. The van der Waals surface area contributed by atoms with Crippen LogP contribution in [0.5, 0.6) is 0 Å². The summed E-state index contributed by atoms with van der Waals surface area (Å²) in [4.78, 5) is 0. The van der Waals surface area contributed by atoms with Gasteiger partial charge in [-0.25, -0.2) is 0 Å². The summed E-state index contributed by atoms with van der Waals surface area (Å²) in [7, 11) is 0. The van der Waals surface area contributed by atoms with E-state index in [-0.39, 0.29) is 33.8 Å². The second-order valence-corrected chi connectivity index (χ2v) is 0. The fraction of sp³-hybridized carbons (Fsp3) is 0. The molecule has 0 bridgehead atoms. The summed E-state index contributed by atoms with van der Waals surface area (Å²) in [6, 6.07) is 0. The molecule has 30 valence electrons. The van der Waals surface area contributed by atoms with Crippen molar-refractivity contribution in [3.63, 3.8) is 0 Å². The van der Waals surface area contributed by atoms with Crippen LogP contribution >= 0.6 is 0 Å². The van der Waals surface area contributed by atoms with Crippen LogP contribution in [-0.4, -0.2) is 0 Å². The molecule has 0 saturated heterocycles. The van der Waals surface area contributed by atoms with E-state index in [1.165, 1.54) is 0 Å². The number of rotatable bonds is 0. The molecule has 1 radical (unpaired) electrons. The fourth-order valence-corrected chi connectivity index (χ4v) is 0. The monoisotopic (exact) mass is 186 g/mol. The van der Waals surface area contributed by atoms with E-state index in [9.17, 15) is 0 Å². The Labute approximate surface area is 53.6 Å². The van der Waals surface area contributed by atoms with Gasteiger partial charge in [0.25, 0.3) is 0 Å². The summed E-state index contributed by atoms with van der Waals surface area (Å²) in [6.07, 6.45) is 0. The Morgan fingerprint density at radius 3 is 1.25 bits per heavy atom. The van der Waals surface area contributed by atoms with Gasteiger partial charge in [-0.3, -0.25) is 0 Å². The molecule has 0 spiro atoms. The molecule has 1 nitrogen and oxygen atoms in total. The van der Waals surface area contributed by atoms with Crippen molar-refractivity contribution >= 4 is 0 Å². The molecule has 0 N–H and O–H groups in total. The maximum atomic E-state index is 8.06. The van der Waals surface area contributed by atoms with Crippen LogP contribution < -0.4 is 0 Å². The Bertz CT molecular complexity index is 8.00. The molecule has 0 aromatic rings. The Morgan fingerprint density at radius 1 is 1.25 bits per heavy atom. The molecule has 0 amide bonds. The van der Waals surface area contributed by atoms with Crippen molar-refractivity contribution in [2.24, 2.45) is 0 Å². The molecule has 0 aliphatic heterocycles. The summed E-state index contributed by atoms with van der Waals surface area (Å²) in [5.41, 5.74) is 0. The Morgan fingerprint density at radius 2 is 1.25 bits per heavy atom. The van der Waals surface area contributed by atoms with Crippen LogP contribution in [0.4, 0.5) is 0 Å². The van der Waals surface area contributed by atoms with E-state index in [0.29, 0.717) is 0 Å². The normalized spacial score (nSPS) is 1.00. The van der Waals surface area contributed by atoms with Crippen molar-refractivity contribution in [2.45, 2.75) is 0 Å². The molecule has 0 aromatic carbocycles. The Hall–Kier alpha value is 1.35. The molecule has 0 aliphatic rings. The molecular weight excluding hydrogens is 186 g/mol. The van der Waals surface area contributed by atoms with Gasteiger partial charge in [0.15, 0.2) is 0 Å². The first-order valence-corrected chi connectivity index (χ1v) is 0.636. The van der Waals surface area contributed by atoms with Crippen LogP contribution in [0.3, 0.4) is 0 Å². The van der Waals surface area contributed by atoms with Crippen LogP contribution in [0, 0.1) is 0 Å². The predicted molar refractivity (Wildman–Crippen MR) is 0.686 cm³/mol. The van der Waals surface area contributed by atoms with Gasteiger partial charge in [-0.15, -0.1) is 0 Å². The van der Waals surface area contributed by atoms with Crippen molar-refractivity contribution in [3.05, 3.63) is 0 Å². The Kier molecular flexibility index (Phi) is 123. The molecule has 0 aromatic heterocycles. The van der Waals surface area contributed by atoms with Gasteiger partial charge in [-0.1, -0.05) is 0 Å². The molecule has 4 heteroatoms. The molecule has 0 atom stereocenters. The summed E-state index contributed by atoms with van der Waals surface area (Å²) >= 11 is 1.69. The van der Waals surface area contributed by atoms with Gasteiger partial charge in [-0.2, -0.15) is 0 Å². The van der Waals surface area contributed by atoms with E-state index in [1.807, 2.05) is 0 Å². The van der Waals surface area contributed by atoms with Crippen LogP contribution in [0.25, 0.3) is 0 Å². The number of hydrogen-bond donors (Lipinski definition) is 0. The summed E-state index contributed by atoms with van der Waals surface area (Å²) in [5, 5.41) is 0. The Balaban J connectivity index is -0.00000000500. The molecule has 4 heavy (non-hydrogen) atoms. The van der Waals surface area contributed by atoms with Gasteiger partial charge in [0.1, 0.15) is 0 Å². The van der Waals surface area contributed by atoms with E-state index in [0.717, 1.165) is 0 Å². The van der Waals surface area contributed by atoms with Gasteiger partial charge in [-0.05, 0) is 0 Å². The van der Waals surface area contributed by atoms with Gasteiger partial charge in [0, 0.05) is 33.8 Å². The van der Waals surface area contributed by atoms with Gasteiger partial charge >= 0.3 is 19.8 Å². The van der Waals surface area contributed by atoms with E-state index in [4.69, 9.17) is 3.83 Å². The summed E-state index contributed by atoms with van der Waals surface area (Å²) in [6.45, 7) is 0. The van der Waals surface area contributed by atoms with Gasteiger partial charge in [0.2, 0.25) is 0 Å². The first-order chi connectivity index (χ1) is 1.00. The van der Waals surface area contributed by atoms with Crippen LogP contribution in [0.2, 0.25) is 0 Å². The standard InChI is InChI=1S/Co.Fe.Mn.O. The van der Waals surface area contributed by atoms with E-state index in [1.54, 1.807) is 15.9 Å². The van der Waals surface area contributed by atoms with Crippen molar-refractivity contribution < 1.29 is 53.6 Å². The zero-order valence-corrected chi connectivity index (χ0v) is 4.80. The molecule has 0 rings (SSSR count). The van der Waals surface area contributed by atoms with Gasteiger partial charge < -0.3 is 0 Å². The second kappa shape index (κ2) is 26.9. The topological polar surface area (TPSA) is 17.1 Å². The third-order valence-corrected chi connectivity index (χ3v) is 0. The van der Waals surface area contributed by atoms with Crippen molar-refractivity contribution in [1.82, 2.24) is 0 Å². The minimum absolute atomic E-state index is 0.